The Kier molecular flexibility index (Phi) is 5.01. The summed E-state index contributed by atoms with van der Waals surface area (Å²) in [6, 6.07) is 0.760. The van der Waals surface area contributed by atoms with Crippen LogP contribution in [0.15, 0.2) is 12.4 Å². The molecule has 0 saturated heterocycles. The summed E-state index contributed by atoms with van der Waals surface area (Å²) in [6.45, 7) is 5.61. The second-order valence-electron chi connectivity index (χ2n) is 4.73. The minimum atomic E-state index is 0.760. The van der Waals surface area contributed by atoms with Gasteiger partial charge in [-0.3, -0.25) is 4.68 Å². The van der Waals surface area contributed by atoms with Gasteiger partial charge < -0.3 is 10.1 Å². The van der Waals surface area contributed by atoms with Crippen LogP contribution in [0.25, 0.3) is 0 Å². The highest BCUT2D eigenvalue weighted by molar-refractivity contribution is 5.04. The molecule has 96 valence electrons. The standard InChI is InChI=1S/C13H23N3O/c1-2-3-7-17-8-6-16-11-12(10-15-16)9-14-13-4-5-13/h10-11,13-14H,2-9H2,1H3. The number of hydrogen-bond donors (Lipinski definition) is 1. The van der Waals surface area contributed by atoms with E-state index in [1.807, 2.05) is 10.9 Å². The average molecular weight is 237 g/mol. The predicted octanol–water partition coefficient (Wildman–Crippen LogP) is 1.95. The zero-order valence-electron chi connectivity index (χ0n) is 10.7. The summed E-state index contributed by atoms with van der Waals surface area (Å²) < 4.78 is 7.49. The lowest BCUT2D eigenvalue weighted by molar-refractivity contribution is 0.121. The van der Waals surface area contributed by atoms with Crippen molar-refractivity contribution >= 4 is 0 Å². The van der Waals surface area contributed by atoms with Gasteiger partial charge in [-0.1, -0.05) is 13.3 Å². The fourth-order valence-electron chi connectivity index (χ4n) is 1.68. The highest BCUT2D eigenvalue weighted by atomic mass is 16.5. The van der Waals surface area contributed by atoms with E-state index in [0.29, 0.717) is 0 Å². The molecule has 1 heterocycles. The Hall–Kier alpha value is -0.870. The lowest BCUT2D eigenvalue weighted by Gasteiger charge is -2.03. The van der Waals surface area contributed by atoms with Crippen molar-refractivity contribution in [2.45, 2.75) is 51.7 Å². The summed E-state index contributed by atoms with van der Waals surface area (Å²) in [5, 5.41) is 7.81. The van der Waals surface area contributed by atoms with Crippen molar-refractivity contribution in [3.63, 3.8) is 0 Å². The molecule has 0 aromatic carbocycles. The highest BCUT2D eigenvalue weighted by Gasteiger charge is 2.20. The molecule has 0 bridgehead atoms. The minimum Gasteiger partial charge on any atom is -0.380 e. The van der Waals surface area contributed by atoms with Crippen molar-refractivity contribution in [3.8, 4) is 0 Å². The van der Waals surface area contributed by atoms with Crippen molar-refractivity contribution in [2.24, 2.45) is 0 Å². The fourth-order valence-corrected chi connectivity index (χ4v) is 1.68. The van der Waals surface area contributed by atoms with E-state index in [-0.39, 0.29) is 0 Å². The van der Waals surface area contributed by atoms with E-state index < -0.39 is 0 Å². The summed E-state index contributed by atoms with van der Waals surface area (Å²) in [5.74, 6) is 0. The maximum atomic E-state index is 5.52. The molecule has 0 amide bonds. The average Bonchev–Trinajstić information content (AvgIpc) is 3.06. The van der Waals surface area contributed by atoms with Crippen LogP contribution in [0.4, 0.5) is 0 Å². The second kappa shape index (κ2) is 6.77. The minimum absolute atomic E-state index is 0.760. The van der Waals surface area contributed by atoms with Gasteiger partial charge in [0, 0.05) is 31.0 Å². The third-order valence-corrected chi connectivity index (χ3v) is 2.97. The van der Waals surface area contributed by atoms with E-state index in [1.54, 1.807) is 0 Å². The number of nitrogens with one attached hydrogen (secondary N) is 1. The Bertz CT molecular complexity index is 320. The molecule has 1 aromatic heterocycles. The monoisotopic (exact) mass is 237 g/mol. The van der Waals surface area contributed by atoms with Crippen molar-refractivity contribution in [1.29, 1.82) is 0 Å². The zero-order valence-corrected chi connectivity index (χ0v) is 10.7. The first-order valence-electron chi connectivity index (χ1n) is 6.71. The molecule has 0 atom stereocenters. The van der Waals surface area contributed by atoms with Gasteiger partial charge in [-0.15, -0.1) is 0 Å². The van der Waals surface area contributed by atoms with Gasteiger partial charge in [0.1, 0.15) is 0 Å². The molecule has 1 N–H and O–H groups in total. The van der Waals surface area contributed by atoms with E-state index in [2.05, 4.69) is 23.5 Å². The smallest absolute Gasteiger partial charge is 0.0662 e. The topological polar surface area (TPSA) is 39.1 Å². The normalized spacial score (nSPS) is 15.4. The predicted molar refractivity (Wildman–Crippen MR) is 67.8 cm³/mol. The van der Waals surface area contributed by atoms with E-state index in [1.165, 1.54) is 24.8 Å². The number of unbranched alkanes of at least 4 members (excludes halogenated alkanes) is 1. The van der Waals surface area contributed by atoms with Gasteiger partial charge in [-0.25, -0.2) is 0 Å². The lowest BCUT2D eigenvalue weighted by atomic mass is 10.3. The summed E-state index contributed by atoms with van der Waals surface area (Å²) in [4.78, 5) is 0. The number of nitrogens with zero attached hydrogens (tertiary/aromatic N) is 2. The van der Waals surface area contributed by atoms with Gasteiger partial charge in [-0.2, -0.15) is 5.10 Å². The van der Waals surface area contributed by atoms with Gasteiger partial charge in [0.15, 0.2) is 0 Å². The molecular formula is C13H23N3O. The molecule has 1 fully saturated rings. The van der Waals surface area contributed by atoms with E-state index in [0.717, 1.165) is 38.8 Å². The first-order chi connectivity index (χ1) is 8.38. The molecule has 1 saturated carbocycles. The molecular weight excluding hydrogens is 214 g/mol. The maximum absolute atomic E-state index is 5.52. The molecule has 17 heavy (non-hydrogen) atoms. The van der Waals surface area contributed by atoms with Crippen LogP contribution in [-0.4, -0.2) is 29.0 Å². The van der Waals surface area contributed by atoms with Crippen molar-refractivity contribution < 1.29 is 4.74 Å². The molecule has 1 aliphatic rings. The van der Waals surface area contributed by atoms with Crippen LogP contribution in [0.3, 0.4) is 0 Å². The number of ether oxygens (including phenoxy) is 1. The Morgan fingerprint density at radius 1 is 1.47 bits per heavy atom. The largest absolute Gasteiger partial charge is 0.380 e. The number of rotatable bonds is 9. The van der Waals surface area contributed by atoms with Crippen LogP contribution >= 0.6 is 0 Å². The van der Waals surface area contributed by atoms with Crippen LogP contribution in [0, 0.1) is 0 Å². The summed E-state index contributed by atoms with van der Waals surface area (Å²) >= 11 is 0. The van der Waals surface area contributed by atoms with Crippen LogP contribution in [0.5, 0.6) is 0 Å². The van der Waals surface area contributed by atoms with Crippen LogP contribution in [0.1, 0.15) is 38.2 Å². The molecule has 4 heteroatoms. The quantitative estimate of drug-likeness (QED) is 0.667. The third kappa shape index (κ3) is 4.88. The van der Waals surface area contributed by atoms with Crippen LogP contribution < -0.4 is 5.32 Å². The summed E-state index contributed by atoms with van der Waals surface area (Å²) in [6.07, 6.45) is 9.06. The Morgan fingerprint density at radius 3 is 3.12 bits per heavy atom. The van der Waals surface area contributed by atoms with E-state index >= 15 is 0 Å². The SMILES string of the molecule is CCCCOCCn1cc(CNC2CC2)cn1. The highest BCUT2D eigenvalue weighted by Crippen LogP contribution is 2.19. The molecule has 1 aromatic rings. The van der Waals surface area contributed by atoms with Crippen LogP contribution in [0.2, 0.25) is 0 Å². The molecule has 2 rings (SSSR count). The maximum Gasteiger partial charge on any atom is 0.0662 e. The lowest BCUT2D eigenvalue weighted by Crippen LogP contribution is -2.14. The van der Waals surface area contributed by atoms with E-state index in [9.17, 15) is 0 Å². The number of hydrogen-bond acceptors (Lipinski definition) is 3. The third-order valence-electron chi connectivity index (χ3n) is 2.97. The second-order valence-corrected chi connectivity index (χ2v) is 4.73. The molecule has 0 radical (unpaired) electrons. The zero-order chi connectivity index (χ0) is 11.9. The van der Waals surface area contributed by atoms with Crippen LogP contribution in [-0.2, 0) is 17.8 Å². The van der Waals surface area contributed by atoms with Gasteiger partial charge in [0.25, 0.3) is 0 Å². The summed E-state index contributed by atoms with van der Waals surface area (Å²) in [7, 11) is 0. The Balaban J connectivity index is 1.59. The van der Waals surface area contributed by atoms with Crippen molar-refractivity contribution in [3.05, 3.63) is 18.0 Å². The van der Waals surface area contributed by atoms with Gasteiger partial charge in [0.2, 0.25) is 0 Å². The Morgan fingerprint density at radius 2 is 2.35 bits per heavy atom. The number of aromatic nitrogens is 2. The summed E-state index contributed by atoms with van der Waals surface area (Å²) in [5.41, 5.74) is 1.27. The van der Waals surface area contributed by atoms with Gasteiger partial charge in [0.05, 0.1) is 19.3 Å². The van der Waals surface area contributed by atoms with Crippen molar-refractivity contribution in [2.75, 3.05) is 13.2 Å². The fraction of sp³-hybridized carbons (Fsp3) is 0.769. The van der Waals surface area contributed by atoms with Gasteiger partial charge >= 0.3 is 0 Å². The molecule has 0 unspecified atom stereocenters. The Labute approximate surface area is 103 Å². The molecule has 0 aliphatic heterocycles. The molecule has 4 nitrogen and oxygen atoms in total. The van der Waals surface area contributed by atoms with E-state index in [4.69, 9.17) is 4.74 Å². The molecule has 0 spiro atoms. The first kappa shape index (κ1) is 12.6. The van der Waals surface area contributed by atoms with Crippen molar-refractivity contribution in [1.82, 2.24) is 15.1 Å². The first-order valence-corrected chi connectivity index (χ1v) is 6.71. The molecule has 1 aliphatic carbocycles. The van der Waals surface area contributed by atoms with Gasteiger partial charge in [-0.05, 0) is 19.3 Å².